The van der Waals surface area contributed by atoms with E-state index < -0.39 is 10.0 Å². The Morgan fingerprint density at radius 1 is 1.26 bits per heavy atom. The minimum Gasteiger partial charge on any atom is -0.312 e. The third-order valence-corrected chi connectivity index (χ3v) is 5.32. The van der Waals surface area contributed by atoms with Crippen LogP contribution in [-0.4, -0.2) is 26.1 Å². The zero-order valence-electron chi connectivity index (χ0n) is 10.5. The summed E-state index contributed by atoms with van der Waals surface area (Å²) in [5.41, 5.74) is 1.29. The first-order valence-electron chi connectivity index (χ1n) is 6.48. The summed E-state index contributed by atoms with van der Waals surface area (Å²) in [4.78, 5) is 13.4. The van der Waals surface area contributed by atoms with E-state index >= 15 is 0 Å². The lowest BCUT2D eigenvalue weighted by atomic mass is 10.2. The van der Waals surface area contributed by atoms with E-state index in [1.54, 1.807) is 23.1 Å². The molecule has 0 bridgehead atoms. The highest BCUT2D eigenvalue weighted by Crippen LogP contribution is 2.31. The highest BCUT2D eigenvalue weighted by Gasteiger charge is 2.35. The Balaban J connectivity index is 1.81. The van der Waals surface area contributed by atoms with Crippen LogP contribution in [0.25, 0.3) is 0 Å². The molecule has 5 nitrogen and oxygen atoms in total. The van der Waals surface area contributed by atoms with E-state index in [0.717, 1.165) is 24.9 Å². The van der Waals surface area contributed by atoms with Crippen molar-refractivity contribution in [2.45, 2.75) is 30.9 Å². The van der Waals surface area contributed by atoms with Crippen molar-refractivity contribution in [2.24, 2.45) is 0 Å². The monoisotopic (exact) mass is 280 g/mol. The SMILES string of the molecule is O=C1CCCN1c1cccc(NS(=O)(=O)C2CC2)c1. The predicted octanol–water partition coefficient (Wildman–Crippen LogP) is 1.72. The second-order valence-electron chi connectivity index (χ2n) is 5.05. The number of rotatable bonds is 4. The molecule has 1 aliphatic carbocycles. The molecule has 1 aliphatic heterocycles. The molecule has 102 valence electrons. The number of carbonyl (C=O) groups is 1. The molecule has 1 amide bonds. The number of hydrogen-bond acceptors (Lipinski definition) is 3. The molecule has 1 saturated carbocycles. The van der Waals surface area contributed by atoms with Crippen LogP contribution in [-0.2, 0) is 14.8 Å². The number of sulfonamides is 1. The summed E-state index contributed by atoms with van der Waals surface area (Å²) in [6.45, 7) is 0.706. The van der Waals surface area contributed by atoms with E-state index in [-0.39, 0.29) is 11.2 Å². The van der Waals surface area contributed by atoms with Crippen LogP contribution in [0.4, 0.5) is 11.4 Å². The molecule has 2 fully saturated rings. The van der Waals surface area contributed by atoms with Crippen molar-refractivity contribution in [3.8, 4) is 0 Å². The van der Waals surface area contributed by atoms with Crippen LogP contribution in [0.2, 0.25) is 0 Å². The van der Waals surface area contributed by atoms with Crippen molar-refractivity contribution < 1.29 is 13.2 Å². The van der Waals surface area contributed by atoms with Gasteiger partial charge in [0.05, 0.1) is 10.9 Å². The molecule has 0 spiro atoms. The molecule has 0 atom stereocenters. The first kappa shape index (κ1) is 12.5. The van der Waals surface area contributed by atoms with Gasteiger partial charge in [0.1, 0.15) is 0 Å². The van der Waals surface area contributed by atoms with E-state index in [1.165, 1.54) is 0 Å². The summed E-state index contributed by atoms with van der Waals surface area (Å²) in [5.74, 6) is 0.0993. The van der Waals surface area contributed by atoms with Crippen molar-refractivity contribution in [3.05, 3.63) is 24.3 Å². The van der Waals surface area contributed by atoms with Gasteiger partial charge in [0.25, 0.3) is 0 Å². The Hall–Kier alpha value is -1.56. The molecule has 2 aliphatic rings. The quantitative estimate of drug-likeness (QED) is 0.913. The Morgan fingerprint density at radius 3 is 2.68 bits per heavy atom. The van der Waals surface area contributed by atoms with Crippen LogP contribution in [0.1, 0.15) is 25.7 Å². The number of carbonyl (C=O) groups excluding carboxylic acids is 1. The second-order valence-corrected chi connectivity index (χ2v) is 7.01. The number of nitrogens with zero attached hydrogens (tertiary/aromatic N) is 1. The fourth-order valence-electron chi connectivity index (χ4n) is 2.28. The Morgan fingerprint density at radius 2 is 2.05 bits per heavy atom. The molecule has 1 saturated heterocycles. The predicted molar refractivity (Wildman–Crippen MR) is 73.6 cm³/mol. The second kappa shape index (κ2) is 4.52. The zero-order valence-corrected chi connectivity index (χ0v) is 11.3. The van der Waals surface area contributed by atoms with E-state index in [4.69, 9.17) is 0 Å². The molecular weight excluding hydrogens is 264 g/mol. The molecule has 1 aromatic carbocycles. The molecular formula is C13H16N2O3S. The largest absolute Gasteiger partial charge is 0.312 e. The summed E-state index contributed by atoms with van der Waals surface area (Å²) in [6.07, 6.45) is 2.90. The fourth-order valence-corrected chi connectivity index (χ4v) is 3.66. The van der Waals surface area contributed by atoms with Gasteiger partial charge in [-0.2, -0.15) is 0 Å². The van der Waals surface area contributed by atoms with Crippen molar-refractivity contribution >= 4 is 27.3 Å². The normalized spacial score (nSPS) is 19.8. The van der Waals surface area contributed by atoms with Gasteiger partial charge >= 0.3 is 0 Å². The third-order valence-electron chi connectivity index (χ3n) is 3.45. The van der Waals surface area contributed by atoms with Gasteiger partial charge in [0.2, 0.25) is 15.9 Å². The van der Waals surface area contributed by atoms with Gasteiger partial charge < -0.3 is 4.90 Å². The van der Waals surface area contributed by atoms with E-state index in [2.05, 4.69) is 4.72 Å². The number of nitrogens with one attached hydrogen (secondary N) is 1. The van der Waals surface area contributed by atoms with Crippen LogP contribution >= 0.6 is 0 Å². The maximum absolute atomic E-state index is 11.9. The molecule has 1 N–H and O–H groups in total. The summed E-state index contributed by atoms with van der Waals surface area (Å²) in [7, 11) is -3.25. The lowest BCUT2D eigenvalue weighted by molar-refractivity contribution is -0.117. The van der Waals surface area contributed by atoms with Gasteiger partial charge in [-0.25, -0.2) is 8.42 Å². The van der Waals surface area contributed by atoms with Gasteiger partial charge in [0, 0.05) is 18.7 Å². The summed E-state index contributed by atoms with van der Waals surface area (Å²) < 4.78 is 26.3. The minimum absolute atomic E-state index is 0.0993. The molecule has 3 rings (SSSR count). The molecule has 6 heteroatoms. The van der Waals surface area contributed by atoms with Gasteiger partial charge in [-0.15, -0.1) is 0 Å². The van der Waals surface area contributed by atoms with Crippen molar-refractivity contribution in [2.75, 3.05) is 16.2 Å². The number of anilines is 2. The van der Waals surface area contributed by atoms with E-state index in [0.29, 0.717) is 18.7 Å². The van der Waals surface area contributed by atoms with Crippen LogP contribution in [0.5, 0.6) is 0 Å². The number of amides is 1. The fraction of sp³-hybridized carbons (Fsp3) is 0.462. The summed E-state index contributed by atoms with van der Waals surface area (Å²) in [5, 5.41) is -0.246. The minimum atomic E-state index is -3.25. The van der Waals surface area contributed by atoms with Crippen molar-refractivity contribution in [1.82, 2.24) is 0 Å². The van der Waals surface area contributed by atoms with Crippen LogP contribution in [0, 0.1) is 0 Å². The van der Waals surface area contributed by atoms with Gasteiger partial charge in [-0.1, -0.05) is 6.07 Å². The van der Waals surface area contributed by atoms with Crippen LogP contribution in [0.15, 0.2) is 24.3 Å². The lowest BCUT2D eigenvalue weighted by Gasteiger charge is -2.17. The first-order valence-corrected chi connectivity index (χ1v) is 8.03. The van der Waals surface area contributed by atoms with Gasteiger partial charge in [0.15, 0.2) is 0 Å². The molecule has 1 aromatic rings. The third kappa shape index (κ3) is 2.58. The van der Waals surface area contributed by atoms with Gasteiger partial charge in [-0.05, 0) is 37.5 Å². The smallest absolute Gasteiger partial charge is 0.235 e. The van der Waals surface area contributed by atoms with Crippen molar-refractivity contribution in [1.29, 1.82) is 0 Å². The van der Waals surface area contributed by atoms with E-state index in [9.17, 15) is 13.2 Å². The highest BCUT2D eigenvalue weighted by atomic mass is 32.2. The highest BCUT2D eigenvalue weighted by molar-refractivity contribution is 7.93. The maximum Gasteiger partial charge on any atom is 0.235 e. The summed E-state index contributed by atoms with van der Waals surface area (Å²) >= 11 is 0. The average Bonchev–Trinajstić information content (AvgIpc) is 3.13. The topological polar surface area (TPSA) is 66.5 Å². The maximum atomic E-state index is 11.9. The number of hydrogen-bond donors (Lipinski definition) is 1. The standard InChI is InChI=1S/C13H16N2O3S/c16-13-5-2-8-15(13)11-4-1-3-10(9-11)14-19(17,18)12-6-7-12/h1,3-4,9,12,14H,2,5-8H2. The molecule has 0 unspecified atom stereocenters. The summed E-state index contributed by atoms with van der Waals surface area (Å²) in [6, 6.07) is 7.04. The Labute approximate surface area is 112 Å². The van der Waals surface area contributed by atoms with Crippen LogP contribution < -0.4 is 9.62 Å². The molecule has 0 aromatic heterocycles. The lowest BCUT2D eigenvalue weighted by Crippen LogP contribution is -2.24. The zero-order chi connectivity index (χ0) is 13.5. The Kier molecular flexibility index (Phi) is 2.97. The molecule has 0 radical (unpaired) electrons. The van der Waals surface area contributed by atoms with Crippen molar-refractivity contribution in [3.63, 3.8) is 0 Å². The Bertz CT molecular complexity index is 608. The molecule has 1 heterocycles. The average molecular weight is 280 g/mol. The molecule has 19 heavy (non-hydrogen) atoms. The van der Waals surface area contributed by atoms with Crippen LogP contribution in [0.3, 0.4) is 0 Å². The first-order chi connectivity index (χ1) is 9.06. The van der Waals surface area contributed by atoms with E-state index in [1.807, 2.05) is 6.07 Å². The van der Waals surface area contributed by atoms with Gasteiger partial charge in [-0.3, -0.25) is 9.52 Å². The number of benzene rings is 1.